The van der Waals surface area contributed by atoms with Crippen molar-refractivity contribution in [3.63, 3.8) is 0 Å². The van der Waals surface area contributed by atoms with Crippen LogP contribution >= 0.6 is 0 Å². The van der Waals surface area contributed by atoms with Crippen LogP contribution in [0.15, 0.2) is 30.3 Å². The second kappa shape index (κ2) is 4.64. The largest absolute Gasteiger partial charge is 0.477 e. The Kier molecular flexibility index (Phi) is 3.48. The number of aliphatic hydroxyl groups excluding tert-OH is 1. The molecule has 1 aromatic carbocycles. The summed E-state index contributed by atoms with van der Waals surface area (Å²) in [5.41, 5.74) is -2.28. The van der Waals surface area contributed by atoms with E-state index in [1.54, 1.807) is 18.2 Å². The Bertz CT molecular complexity index is 410. The zero-order valence-corrected chi connectivity index (χ0v) is 8.62. The van der Waals surface area contributed by atoms with E-state index >= 15 is 0 Å². The van der Waals surface area contributed by atoms with Gasteiger partial charge in [0, 0.05) is 0 Å². The zero-order chi connectivity index (χ0) is 12.2. The van der Waals surface area contributed by atoms with Crippen LogP contribution < -0.4 is 4.74 Å². The number of hydrogen-bond acceptors (Lipinski definition) is 4. The van der Waals surface area contributed by atoms with Gasteiger partial charge in [0.2, 0.25) is 0 Å². The fourth-order valence-electron chi connectivity index (χ4n) is 1.15. The maximum absolute atomic E-state index is 11.0. The molecule has 0 fully saturated rings. The number of nitriles is 1. The zero-order valence-electron chi connectivity index (χ0n) is 8.62. The third kappa shape index (κ3) is 2.12. The molecule has 0 amide bonds. The van der Waals surface area contributed by atoms with Gasteiger partial charge in [0.05, 0.1) is 0 Å². The third-order valence-electron chi connectivity index (χ3n) is 2.09. The van der Waals surface area contributed by atoms with Crippen LogP contribution in [0.25, 0.3) is 0 Å². The summed E-state index contributed by atoms with van der Waals surface area (Å²) in [7, 11) is 0. The number of aliphatic carboxylic acids is 1. The molecule has 0 aliphatic carbocycles. The number of aliphatic hydroxyl groups is 1. The van der Waals surface area contributed by atoms with Crippen LogP contribution in [0.5, 0.6) is 5.75 Å². The van der Waals surface area contributed by atoms with Gasteiger partial charge in [-0.25, -0.2) is 4.79 Å². The van der Waals surface area contributed by atoms with E-state index in [-0.39, 0.29) is 5.75 Å². The van der Waals surface area contributed by atoms with Crippen LogP contribution in [0.4, 0.5) is 0 Å². The van der Waals surface area contributed by atoms with E-state index in [1.165, 1.54) is 25.1 Å². The van der Waals surface area contributed by atoms with Gasteiger partial charge in [-0.05, 0) is 19.1 Å². The van der Waals surface area contributed by atoms with Crippen LogP contribution in [-0.2, 0) is 4.79 Å². The second-order valence-electron chi connectivity index (χ2n) is 3.24. The first-order valence-electron chi connectivity index (χ1n) is 4.59. The Labute approximate surface area is 92.5 Å². The number of nitrogens with zero attached hydrogens (tertiary/aromatic N) is 1. The summed E-state index contributed by atoms with van der Waals surface area (Å²) in [5.74, 6) is -1.30. The molecule has 0 aromatic heterocycles. The van der Waals surface area contributed by atoms with Crippen molar-refractivity contribution in [2.45, 2.75) is 18.6 Å². The maximum atomic E-state index is 11.0. The summed E-state index contributed by atoms with van der Waals surface area (Å²) in [5, 5.41) is 27.2. The van der Waals surface area contributed by atoms with E-state index in [0.717, 1.165) is 0 Å². The standard InChI is InChI=1S/C11H11NO4/c1-8(13)11(7-12,10(14)15)16-9-5-3-2-4-6-9/h2-6,8,13H,1H3,(H,14,15). The second-order valence-corrected chi connectivity index (χ2v) is 3.24. The molecule has 0 aliphatic rings. The van der Waals surface area contributed by atoms with Gasteiger partial charge in [-0.1, -0.05) is 18.2 Å². The number of carboxylic acids is 1. The van der Waals surface area contributed by atoms with Crippen LogP contribution in [0, 0.1) is 11.3 Å². The molecule has 84 valence electrons. The number of rotatable bonds is 4. The number of carboxylic acid groups (broad SMARTS) is 1. The predicted molar refractivity (Wildman–Crippen MR) is 54.7 cm³/mol. The van der Waals surface area contributed by atoms with Gasteiger partial charge in [-0.3, -0.25) is 0 Å². The first-order chi connectivity index (χ1) is 7.53. The number of hydrogen-bond donors (Lipinski definition) is 2. The van der Waals surface area contributed by atoms with Crippen LogP contribution in [0.1, 0.15) is 6.92 Å². The fraction of sp³-hybridized carbons (Fsp3) is 0.273. The highest BCUT2D eigenvalue weighted by molar-refractivity contribution is 5.82. The molecule has 5 nitrogen and oxygen atoms in total. The van der Waals surface area contributed by atoms with Crippen molar-refractivity contribution in [3.8, 4) is 11.8 Å². The van der Waals surface area contributed by atoms with Crippen molar-refractivity contribution >= 4 is 5.97 Å². The minimum atomic E-state index is -2.28. The molecule has 1 aromatic rings. The van der Waals surface area contributed by atoms with Crippen molar-refractivity contribution in [1.82, 2.24) is 0 Å². The Morgan fingerprint density at radius 3 is 2.44 bits per heavy atom. The van der Waals surface area contributed by atoms with Crippen molar-refractivity contribution in [3.05, 3.63) is 30.3 Å². The van der Waals surface area contributed by atoms with Gasteiger partial charge in [0.25, 0.3) is 0 Å². The summed E-state index contributed by atoms with van der Waals surface area (Å²) in [6, 6.07) is 9.52. The van der Waals surface area contributed by atoms with Crippen molar-refractivity contribution < 1.29 is 19.7 Å². The molecule has 0 bridgehead atoms. The third-order valence-corrected chi connectivity index (χ3v) is 2.09. The van der Waals surface area contributed by atoms with Gasteiger partial charge in [-0.2, -0.15) is 5.26 Å². The van der Waals surface area contributed by atoms with Crippen molar-refractivity contribution in [1.29, 1.82) is 5.26 Å². The average Bonchev–Trinajstić information content (AvgIpc) is 2.26. The lowest BCUT2D eigenvalue weighted by Gasteiger charge is -2.25. The Morgan fingerprint density at radius 2 is 2.06 bits per heavy atom. The summed E-state index contributed by atoms with van der Waals surface area (Å²) in [6.45, 7) is 1.19. The first kappa shape index (κ1) is 12.0. The number of benzene rings is 1. The normalized spacial score (nSPS) is 15.6. The molecule has 0 saturated carbocycles. The SMILES string of the molecule is CC(O)C(C#N)(Oc1ccccc1)C(=O)O. The van der Waals surface area contributed by atoms with E-state index in [0.29, 0.717) is 0 Å². The van der Waals surface area contributed by atoms with E-state index < -0.39 is 17.7 Å². The Morgan fingerprint density at radius 1 is 1.50 bits per heavy atom. The number of ether oxygens (including phenoxy) is 1. The molecule has 16 heavy (non-hydrogen) atoms. The van der Waals surface area contributed by atoms with Gasteiger partial charge in [0.1, 0.15) is 17.9 Å². The quantitative estimate of drug-likeness (QED) is 0.784. The lowest BCUT2D eigenvalue weighted by molar-refractivity contribution is -0.157. The molecule has 0 saturated heterocycles. The molecule has 2 N–H and O–H groups in total. The van der Waals surface area contributed by atoms with E-state index in [4.69, 9.17) is 15.1 Å². The van der Waals surface area contributed by atoms with E-state index in [1.807, 2.05) is 0 Å². The number of para-hydroxylation sites is 1. The lowest BCUT2D eigenvalue weighted by Crippen LogP contribution is -2.52. The Balaban J connectivity index is 3.06. The van der Waals surface area contributed by atoms with Crippen LogP contribution in [-0.4, -0.2) is 27.9 Å². The van der Waals surface area contributed by atoms with Gasteiger partial charge < -0.3 is 14.9 Å². The molecule has 0 aliphatic heterocycles. The molecule has 2 atom stereocenters. The highest BCUT2D eigenvalue weighted by Gasteiger charge is 2.47. The highest BCUT2D eigenvalue weighted by Crippen LogP contribution is 2.21. The summed E-state index contributed by atoms with van der Waals surface area (Å²) < 4.78 is 5.06. The van der Waals surface area contributed by atoms with Crippen molar-refractivity contribution in [2.75, 3.05) is 0 Å². The topological polar surface area (TPSA) is 90.5 Å². The predicted octanol–water partition coefficient (Wildman–Crippen LogP) is 0.793. The summed E-state index contributed by atoms with van der Waals surface area (Å²) in [4.78, 5) is 11.0. The summed E-state index contributed by atoms with van der Waals surface area (Å²) in [6.07, 6.45) is -1.45. The average molecular weight is 221 g/mol. The number of carbonyl (C=O) groups is 1. The molecule has 0 radical (unpaired) electrons. The molecule has 0 spiro atoms. The maximum Gasteiger partial charge on any atom is 0.366 e. The minimum absolute atomic E-state index is 0.215. The van der Waals surface area contributed by atoms with Crippen LogP contribution in [0.2, 0.25) is 0 Å². The summed E-state index contributed by atoms with van der Waals surface area (Å²) >= 11 is 0. The smallest absolute Gasteiger partial charge is 0.366 e. The fourth-order valence-corrected chi connectivity index (χ4v) is 1.15. The highest BCUT2D eigenvalue weighted by atomic mass is 16.5. The molecule has 2 unspecified atom stereocenters. The molecule has 5 heteroatoms. The first-order valence-corrected chi connectivity index (χ1v) is 4.59. The van der Waals surface area contributed by atoms with Gasteiger partial charge in [-0.15, -0.1) is 0 Å². The van der Waals surface area contributed by atoms with Crippen LogP contribution in [0.3, 0.4) is 0 Å². The molecular weight excluding hydrogens is 210 g/mol. The van der Waals surface area contributed by atoms with E-state index in [2.05, 4.69) is 0 Å². The van der Waals surface area contributed by atoms with E-state index in [9.17, 15) is 9.90 Å². The molecular formula is C11H11NO4. The van der Waals surface area contributed by atoms with Gasteiger partial charge >= 0.3 is 11.6 Å². The Hall–Kier alpha value is -2.06. The molecule has 1 rings (SSSR count). The van der Waals surface area contributed by atoms with Gasteiger partial charge in [0.15, 0.2) is 0 Å². The van der Waals surface area contributed by atoms with Crippen molar-refractivity contribution in [2.24, 2.45) is 0 Å². The minimum Gasteiger partial charge on any atom is -0.477 e. The lowest BCUT2D eigenvalue weighted by atomic mass is 10.00. The molecule has 0 heterocycles. The monoisotopic (exact) mass is 221 g/mol.